The molecule has 0 unspecified atom stereocenters. The van der Waals surface area contributed by atoms with Crippen LogP contribution in [0.25, 0.3) is 12.2 Å². The molecule has 0 saturated heterocycles. The Morgan fingerprint density at radius 1 is 0.867 bits per heavy atom. The average Bonchev–Trinajstić information content (AvgIpc) is 2.79. The number of rotatable bonds is 6. The largest absolute Gasteiger partial charge is 0.280 e. The van der Waals surface area contributed by atoms with Crippen LogP contribution in [0.5, 0.6) is 0 Å². The molecule has 154 valence electrons. The van der Waals surface area contributed by atoms with Gasteiger partial charge in [-0.25, -0.2) is 8.42 Å². The van der Waals surface area contributed by atoms with Gasteiger partial charge in [-0.15, -0.1) is 0 Å². The fourth-order valence-corrected chi connectivity index (χ4v) is 4.98. The van der Waals surface area contributed by atoms with Gasteiger partial charge in [0, 0.05) is 11.9 Å². The highest BCUT2D eigenvalue weighted by Gasteiger charge is 2.18. The predicted octanol–water partition coefficient (Wildman–Crippen LogP) is 6.10. The average molecular weight is 419 g/mol. The van der Waals surface area contributed by atoms with E-state index in [4.69, 9.17) is 0 Å². The standard InChI is InChI=1S/C25H26N2O2S/c28-30(29,25-16-13-22(14-17-25)21-8-2-1-3-9-21)27-24-11-6-7-20(19-24)12-15-23-10-4-5-18-26-23/h4-7,10-19,21,27H,1-3,8-9H2/b15-12+. The monoisotopic (exact) mass is 418 g/mol. The van der Waals surface area contributed by atoms with Crippen LogP contribution >= 0.6 is 0 Å². The van der Waals surface area contributed by atoms with Gasteiger partial charge in [-0.05, 0) is 72.4 Å². The Morgan fingerprint density at radius 3 is 2.40 bits per heavy atom. The molecule has 1 fully saturated rings. The molecule has 1 N–H and O–H groups in total. The molecule has 0 radical (unpaired) electrons. The Labute approximate surface area is 178 Å². The number of aromatic nitrogens is 1. The van der Waals surface area contributed by atoms with Crippen molar-refractivity contribution >= 4 is 27.9 Å². The molecule has 1 saturated carbocycles. The molecule has 0 bridgehead atoms. The minimum Gasteiger partial charge on any atom is -0.280 e. The summed E-state index contributed by atoms with van der Waals surface area (Å²) in [5.74, 6) is 0.561. The van der Waals surface area contributed by atoms with E-state index in [-0.39, 0.29) is 4.90 Å². The summed E-state index contributed by atoms with van der Waals surface area (Å²) in [6.45, 7) is 0. The molecule has 5 heteroatoms. The molecule has 4 nitrogen and oxygen atoms in total. The van der Waals surface area contributed by atoms with Crippen molar-refractivity contribution in [1.29, 1.82) is 0 Å². The second kappa shape index (κ2) is 9.26. The maximum absolute atomic E-state index is 12.8. The number of nitrogens with zero attached hydrogens (tertiary/aromatic N) is 1. The summed E-state index contributed by atoms with van der Waals surface area (Å²) < 4.78 is 28.4. The minimum absolute atomic E-state index is 0.288. The highest BCUT2D eigenvalue weighted by Crippen LogP contribution is 2.33. The number of hydrogen-bond acceptors (Lipinski definition) is 3. The Balaban J connectivity index is 1.47. The number of anilines is 1. The first-order chi connectivity index (χ1) is 14.6. The van der Waals surface area contributed by atoms with Crippen molar-refractivity contribution in [2.24, 2.45) is 0 Å². The van der Waals surface area contributed by atoms with Crippen molar-refractivity contribution in [2.75, 3.05) is 4.72 Å². The first kappa shape index (κ1) is 20.4. The van der Waals surface area contributed by atoms with E-state index in [0.29, 0.717) is 11.6 Å². The van der Waals surface area contributed by atoms with Gasteiger partial charge < -0.3 is 0 Å². The van der Waals surface area contributed by atoms with Gasteiger partial charge in [-0.3, -0.25) is 9.71 Å². The zero-order chi connectivity index (χ0) is 20.8. The van der Waals surface area contributed by atoms with Crippen molar-refractivity contribution < 1.29 is 8.42 Å². The lowest BCUT2D eigenvalue weighted by molar-refractivity contribution is 0.443. The maximum atomic E-state index is 12.8. The predicted molar refractivity (Wildman–Crippen MR) is 123 cm³/mol. The van der Waals surface area contributed by atoms with Crippen LogP contribution in [-0.4, -0.2) is 13.4 Å². The summed E-state index contributed by atoms with van der Waals surface area (Å²) in [7, 11) is -3.63. The van der Waals surface area contributed by atoms with Crippen molar-refractivity contribution in [3.05, 3.63) is 89.7 Å². The van der Waals surface area contributed by atoms with Crippen LogP contribution in [-0.2, 0) is 10.0 Å². The topological polar surface area (TPSA) is 59.1 Å². The lowest BCUT2D eigenvalue weighted by Crippen LogP contribution is -2.13. The molecular weight excluding hydrogens is 392 g/mol. The molecule has 3 aromatic rings. The number of sulfonamides is 1. The van der Waals surface area contributed by atoms with Crippen LogP contribution in [0.4, 0.5) is 5.69 Å². The Bertz CT molecular complexity index is 1100. The fourth-order valence-electron chi connectivity index (χ4n) is 3.93. The van der Waals surface area contributed by atoms with Gasteiger partial charge in [-0.1, -0.05) is 55.7 Å². The van der Waals surface area contributed by atoms with Gasteiger partial charge in [0.2, 0.25) is 0 Å². The lowest BCUT2D eigenvalue weighted by Gasteiger charge is -2.22. The first-order valence-electron chi connectivity index (χ1n) is 10.4. The smallest absolute Gasteiger partial charge is 0.261 e. The fraction of sp³-hybridized carbons (Fsp3) is 0.240. The second-order valence-electron chi connectivity index (χ2n) is 7.72. The number of nitrogens with one attached hydrogen (secondary N) is 1. The molecule has 0 atom stereocenters. The van der Waals surface area contributed by atoms with E-state index in [0.717, 1.165) is 11.3 Å². The van der Waals surface area contributed by atoms with E-state index < -0.39 is 10.0 Å². The molecular formula is C25H26N2O2S. The van der Waals surface area contributed by atoms with Crippen molar-refractivity contribution in [3.8, 4) is 0 Å². The highest BCUT2D eigenvalue weighted by atomic mass is 32.2. The third kappa shape index (κ3) is 5.16. The van der Waals surface area contributed by atoms with Crippen molar-refractivity contribution in [1.82, 2.24) is 4.98 Å². The Hall–Kier alpha value is -2.92. The Kier molecular flexibility index (Phi) is 6.29. The summed E-state index contributed by atoms with van der Waals surface area (Å²) >= 11 is 0. The van der Waals surface area contributed by atoms with Gasteiger partial charge in [0.25, 0.3) is 10.0 Å². The molecule has 1 aliphatic rings. The van der Waals surface area contributed by atoms with E-state index in [1.807, 2.05) is 60.7 Å². The maximum Gasteiger partial charge on any atom is 0.261 e. The summed E-state index contributed by atoms with van der Waals surface area (Å²) in [6.07, 6.45) is 11.8. The molecule has 1 heterocycles. The van der Waals surface area contributed by atoms with Crippen LogP contribution < -0.4 is 4.72 Å². The third-order valence-corrected chi connectivity index (χ3v) is 6.94. The first-order valence-corrected chi connectivity index (χ1v) is 11.9. The summed E-state index contributed by atoms with van der Waals surface area (Å²) in [5.41, 5.74) is 3.53. The van der Waals surface area contributed by atoms with Crippen LogP contribution in [0.1, 0.15) is 54.8 Å². The molecule has 4 rings (SSSR count). The van der Waals surface area contributed by atoms with E-state index in [2.05, 4.69) is 9.71 Å². The van der Waals surface area contributed by atoms with Crippen LogP contribution in [0.15, 0.2) is 77.8 Å². The SMILES string of the molecule is O=S(=O)(Nc1cccc(/C=C/c2ccccn2)c1)c1ccc(C2CCCCC2)cc1. The van der Waals surface area contributed by atoms with Crippen molar-refractivity contribution in [2.45, 2.75) is 42.9 Å². The third-order valence-electron chi connectivity index (χ3n) is 5.54. The van der Waals surface area contributed by atoms with Gasteiger partial charge in [0.05, 0.1) is 10.6 Å². The van der Waals surface area contributed by atoms with E-state index in [1.54, 1.807) is 24.4 Å². The van der Waals surface area contributed by atoms with Gasteiger partial charge in [0.15, 0.2) is 0 Å². The number of pyridine rings is 1. The molecule has 0 amide bonds. The minimum atomic E-state index is -3.63. The zero-order valence-electron chi connectivity index (χ0n) is 16.9. The highest BCUT2D eigenvalue weighted by molar-refractivity contribution is 7.92. The summed E-state index contributed by atoms with van der Waals surface area (Å²) in [4.78, 5) is 4.55. The van der Waals surface area contributed by atoms with Gasteiger partial charge in [0.1, 0.15) is 0 Å². The van der Waals surface area contributed by atoms with E-state index >= 15 is 0 Å². The molecule has 0 aliphatic heterocycles. The second-order valence-corrected chi connectivity index (χ2v) is 9.41. The van der Waals surface area contributed by atoms with Gasteiger partial charge >= 0.3 is 0 Å². The molecule has 1 aromatic heterocycles. The molecule has 0 spiro atoms. The molecule has 2 aromatic carbocycles. The molecule has 30 heavy (non-hydrogen) atoms. The number of hydrogen-bond donors (Lipinski definition) is 1. The van der Waals surface area contributed by atoms with Crippen LogP contribution in [0.2, 0.25) is 0 Å². The zero-order valence-corrected chi connectivity index (χ0v) is 17.7. The summed E-state index contributed by atoms with van der Waals surface area (Å²) in [5, 5.41) is 0. The number of benzene rings is 2. The van der Waals surface area contributed by atoms with Gasteiger partial charge in [-0.2, -0.15) is 0 Å². The lowest BCUT2D eigenvalue weighted by atomic mass is 9.84. The van der Waals surface area contributed by atoms with Crippen molar-refractivity contribution in [3.63, 3.8) is 0 Å². The van der Waals surface area contributed by atoms with Crippen LogP contribution in [0.3, 0.4) is 0 Å². The quantitative estimate of drug-likeness (QED) is 0.526. The normalized spacial score (nSPS) is 15.3. The van der Waals surface area contributed by atoms with E-state index in [9.17, 15) is 8.42 Å². The Morgan fingerprint density at radius 2 is 1.67 bits per heavy atom. The summed E-state index contributed by atoms with van der Waals surface area (Å²) in [6, 6.07) is 20.4. The van der Waals surface area contributed by atoms with Crippen LogP contribution in [0, 0.1) is 0 Å². The van der Waals surface area contributed by atoms with E-state index in [1.165, 1.54) is 37.7 Å². The molecule has 1 aliphatic carbocycles.